The van der Waals surface area contributed by atoms with E-state index in [4.69, 9.17) is 0 Å². The Morgan fingerprint density at radius 1 is 1.47 bits per heavy atom. The van der Waals surface area contributed by atoms with Gasteiger partial charge in [0.1, 0.15) is 0 Å². The van der Waals surface area contributed by atoms with Crippen molar-refractivity contribution >= 4 is 27.7 Å². The first-order valence-electron chi connectivity index (χ1n) is 5.70. The van der Waals surface area contributed by atoms with Gasteiger partial charge in [-0.05, 0) is 37.5 Å². The molecule has 84 valence electrons. The quantitative estimate of drug-likeness (QED) is 0.793. The van der Waals surface area contributed by atoms with E-state index >= 15 is 0 Å². The van der Waals surface area contributed by atoms with Gasteiger partial charge in [-0.1, -0.05) is 29.3 Å². The molecule has 0 spiro atoms. The van der Waals surface area contributed by atoms with Crippen molar-refractivity contribution in [2.24, 2.45) is 11.8 Å². The topological polar surface area (TPSA) is 25.8 Å². The van der Waals surface area contributed by atoms with Crippen LogP contribution in [-0.4, -0.2) is 13.6 Å². The molecule has 1 aliphatic rings. The Morgan fingerprint density at radius 2 is 2.33 bits per heavy atom. The van der Waals surface area contributed by atoms with Crippen LogP contribution in [0.5, 0.6) is 0 Å². The largest absolute Gasteiger partial charge is 0.181 e. The zero-order chi connectivity index (χ0) is 10.7. The number of hydrogen-bond acceptors (Lipinski definition) is 3. The van der Waals surface area contributed by atoms with E-state index in [1.807, 2.05) is 6.20 Å². The standard InChI is InChI=1S/C11H17BrN2S/c1-2-8-3-4-10(12)5-9(8)6-11-7-13-15-14-11/h7-10H,2-6H2,1H3. The SMILES string of the molecule is CCC1CCC(Br)CC1Cc1cnsn1. The van der Waals surface area contributed by atoms with Gasteiger partial charge in [-0.2, -0.15) is 8.75 Å². The van der Waals surface area contributed by atoms with Crippen LogP contribution in [0.2, 0.25) is 0 Å². The molecule has 1 aromatic heterocycles. The first-order valence-corrected chi connectivity index (χ1v) is 7.34. The predicted molar refractivity (Wildman–Crippen MR) is 67.5 cm³/mol. The summed E-state index contributed by atoms with van der Waals surface area (Å²) < 4.78 is 8.40. The fraction of sp³-hybridized carbons (Fsp3) is 0.818. The lowest BCUT2D eigenvalue weighted by Crippen LogP contribution is -2.26. The highest BCUT2D eigenvalue weighted by Gasteiger charge is 2.28. The number of aromatic nitrogens is 2. The van der Waals surface area contributed by atoms with Crippen LogP contribution in [0, 0.1) is 11.8 Å². The monoisotopic (exact) mass is 288 g/mol. The first kappa shape index (κ1) is 11.5. The molecule has 1 aliphatic carbocycles. The van der Waals surface area contributed by atoms with Crippen molar-refractivity contribution in [1.29, 1.82) is 0 Å². The summed E-state index contributed by atoms with van der Waals surface area (Å²) in [5, 5.41) is 0. The fourth-order valence-corrected chi connectivity index (χ4v) is 3.79. The molecule has 3 atom stereocenters. The fourth-order valence-electron chi connectivity index (χ4n) is 2.60. The average molecular weight is 289 g/mol. The smallest absolute Gasteiger partial charge is 0.0745 e. The maximum absolute atomic E-state index is 4.32. The third-order valence-corrected chi connectivity index (χ3v) is 4.83. The van der Waals surface area contributed by atoms with Crippen LogP contribution in [0.25, 0.3) is 0 Å². The number of alkyl halides is 1. The van der Waals surface area contributed by atoms with Gasteiger partial charge in [-0.15, -0.1) is 0 Å². The van der Waals surface area contributed by atoms with Crippen LogP contribution < -0.4 is 0 Å². The Hall–Kier alpha value is 0.0400. The summed E-state index contributed by atoms with van der Waals surface area (Å²) in [6.45, 7) is 2.31. The predicted octanol–water partition coefficient (Wildman–Crippen LogP) is 3.67. The van der Waals surface area contributed by atoms with Gasteiger partial charge in [0.2, 0.25) is 0 Å². The number of nitrogens with zero attached hydrogens (tertiary/aromatic N) is 2. The molecule has 0 aliphatic heterocycles. The molecule has 1 aromatic rings. The first-order chi connectivity index (χ1) is 7.29. The van der Waals surface area contributed by atoms with E-state index in [1.54, 1.807) is 0 Å². The van der Waals surface area contributed by atoms with Crippen molar-refractivity contribution in [2.75, 3.05) is 0 Å². The Balaban J connectivity index is 1.98. The normalized spacial score (nSPS) is 31.7. The van der Waals surface area contributed by atoms with Crippen molar-refractivity contribution in [3.05, 3.63) is 11.9 Å². The summed E-state index contributed by atoms with van der Waals surface area (Å²) in [4.78, 5) is 0.719. The molecule has 0 bridgehead atoms. The Morgan fingerprint density at radius 3 is 3.00 bits per heavy atom. The Kier molecular flexibility index (Phi) is 4.14. The van der Waals surface area contributed by atoms with Crippen molar-refractivity contribution in [1.82, 2.24) is 8.75 Å². The van der Waals surface area contributed by atoms with Crippen molar-refractivity contribution < 1.29 is 0 Å². The number of rotatable bonds is 3. The van der Waals surface area contributed by atoms with E-state index in [1.165, 1.54) is 43.1 Å². The van der Waals surface area contributed by atoms with Gasteiger partial charge >= 0.3 is 0 Å². The molecule has 15 heavy (non-hydrogen) atoms. The molecule has 0 N–H and O–H groups in total. The van der Waals surface area contributed by atoms with Gasteiger partial charge in [0.25, 0.3) is 0 Å². The van der Waals surface area contributed by atoms with E-state index in [0.717, 1.165) is 23.1 Å². The second-order valence-corrected chi connectivity index (χ2v) is 6.29. The van der Waals surface area contributed by atoms with Crippen LogP contribution >= 0.6 is 27.7 Å². The highest BCUT2D eigenvalue weighted by molar-refractivity contribution is 9.09. The molecule has 4 heteroatoms. The molecule has 0 amide bonds. The minimum atomic E-state index is 0.719. The molecule has 0 saturated heterocycles. The van der Waals surface area contributed by atoms with Crippen LogP contribution in [0.3, 0.4) is 0 Å². The lowest BCUT2D eigenvalue weighted by atomic mass is 9.76. The van der Waals surface area contributed by atoms with Crippen molar-refractivity contribution in [3.63, 3.8) is 0 Å². The van der Waals surface area contributed by atoms with Crippen molar-refractivity contribution in [2.45, 2.75) is 43.9 Å². The van der Waals surface area contributed by atoms with E-state index in [9.17, 15) is 0 Å². The molecular weight excluding hydrogens is 272 g/mol. The summed E-state index contributed by atoms with van der Waals surface area (Å²) in [5.74, 6) is 1.69. The van der Waals surface area contributed by atoms with Gasteiger partial charge in [-0.25, -0.2) is 0 Å². The van der Waals surface area contributed by atoms with E-state index < -0.39 is 0 Å². The van der Waals surface area contributed by atoms with Crippen LogP contribution in [-0.2, 0) is 6.42 Å². The van der Waals surface area contributed by atoms with Crippen LogP contribution in [0.15, 0.2) is 6.20 Å². The summed E-state index contributed by atoms with van der Waals surface area (Å²) in [6, 6.07) is 0. The molecule has 1 heterocycles. The molecule has 3 unspecified atom stereocenters. The Bertz CT molecular complexity index is 289. The highest BCUT2D eigenvalue weighted by atomic mass is 79.9. The number of halogens is 1. The molecule has 2 rings (SSSR count). The molecule has 1 saturated carbocycles. The zero-order valence-electron chi connectivity index (χ0n) is 9.03. The second kappa shape index (κ2) is 5.39. The summed E-state index contributed by atoms with van der Waals surface area (Å²) >= 11 is 5.08. The molecule has 2 nitrogen and oxygen atoms in total. The zero-order valence-corrected chi connectivity index (χ0v) is 11.4. The number of hydrogen-bond donors (Lipinski definition) is 0. The third-order valence-electron chi connectivity index (χ3n) is 3.48. The van der Waals surface area contributed by atoms with Gasteiger partial charge in [0.15, 0.2) is 0 Å². The van der Waals surface area contributed by atoms with Gasteiger partial charge in [-0.3, -0.25) is 0 Å². The van der Waals surface area contributed by atoms with E-state index in [0.29, 0.717) is 0 Å². The van der Waals surface area contributed by atoms with Crippen LogP contribution in [0.4, 0.5) is 0 Å². The highest BCUT2D eigenvalue weighted by Crippen LogP contribution is 2.37. The average Bonchev–Trinajstić information content (AvgIpc) is 2.71. The summed E-state index contributed by atoms with van der Waals surface area (Å²) in [5.41, 5.74) is 1.19. The molecule has 0 aromatic carbocycles. The second-order valence-electron chi connectivity index (χ2n) is 4.44. The lowest BCUT2D eigenvalue weighted by molar-refractivity contribution is 0.235. The molecule has 0 radical (unpaired) electrons. The molecule has 1 fully saturated rings. The van der Waals surface area contributed by atoms with Gasteiger partial charge in [0, 0.05) is 4.83 Å². The van der Waals surface area contributed by atoms with Crippen LogP contribution in [0.1, 0.15) is 38.3 Å². The van der Waals surface area contributed by atoms with E-state index in [-0.39, 0.29) is 0 Å². The minimum absolute atomic E-state index is 0.719. The Labute approximate surface area is 104 Å². The lowest BCUT2D eigenvalue weighted by Gasteiger charge is -2.33. The minimum Gasteiger partial charge on any atom is -0.181 e. The third kappa shape index (κ3) is 3.00. The van der Waals surface area contributed by atoms with E-state index in [2.05, 4.69) is 31.6 Å². The molecular formula is C11H17BrN2S. The maximum Gasteiger partial charge on any atom is 0.0745 e. The van der Waals surface area contributed by atoms with Crippen molar-refractivity contribution in [3.8, 4) is 0 Å². The summed E-state index contributed by atoms with van der Waals surface area (Å²) in [7, 11) is 0. The maximum atomic E-state index is 4.32. The van der Waals surface area contributed by atoms with Gasteiger partial charge < -0.3 is 0 Å². The van der Waals surface area contributed by atoms with Gasteiger partial charge in [0.05, 0.1) is 23.6 Å². The summed E-state index contributed by atoms with van der Waals surface area (Å²) in [6.07, 6.45) is 8.36.